The van der Waals surface area contributed by atoms with Crippen molar-refractivity contribution >= 4 is 5.91 Å². The van der Waals surface area contributed by atoms with Crippen molar-refractivity contribution in [2.75, 3.05) is 13.2 Å². The van der Waals surface area contributed by atoms with Crippen molar-refractivity contribution in [3.8, 4) is 0 Å². The maximum absolute atomic E-state index is 13.4. The van der Waals surface area contributed by atoms with Crippen LogP contribution in [0, 0.1) is 5.82 Å². The number of hydrogen-bond donors (Lipinski definition) is 1. The van der Waals surface area contributed by atoms with Crippen molar-refractivity contribution in [1.82, 2.24) is 5.32 Å². The zero-order chi connectivity index (χ0) is 15.8. The molecule has 0 saturated carbocycles. The van der Waals surface area contributed by atoms with Crippen LogP contribution in [0.5, 0.6) is 0 Å². The molecule has 0 bridgehead atoms. The Morgan fingerprint density at radius 1 is 1.14 bits per heavy atom. The lowest BCUT2D eigenvalue weighted by Gasteiger charge is -2.13. The van der Waals surface area contributed by atoms with Gasteiger partial charge in [0.25, 0.3) is 5.91 Å². The highest BCUT2D eigenvalue weighted by atomic mass is 19.1. The minimum atomic E-state index is -0.506. The third-order valence-corrected chi connectivity index (χ3v) is 3.36. The van der Waals surface area contributed by atoms with Crippen molar-refractivity contribution < 1.29 is 13.9 Å². The molecular formula is C18H20FNO2. The second-order valence-electron chi connectivity index (χ2n) is 5.01. The lowest BCUT2D eigenvalue weighted by Crippen LogP contribution is -2.26. The fourth-order valence-corrected chi connectivity index (χ4v) is 2.10. The number of halogens is 1. The molecule has 0 aromatic heterocycles. The Labute approximate surface area is 130 Å². The Morgan fingerprint density at radius 3 is 2.55 bits per heavy atom. The Balaban J connectivity index is 1.67. The SMILES string of the molecule is CC(OCCCNC(=O)c1ccccc1F)c1ccccc1. The number of ether oxygens (including phenoxy) is 1. The molecule has 0 fully saturated rings. The lowest BCUT2D eigenvalue weighted by atomic mass is 10.1. The van der Waals surface area contributed by atoms with Crippen LogP contribution in [0.25, 0.3) is 0 Å². The van der Waals surface area contributed by atoms with E-state index in [9.17, 15) is 9.18 Å². The van der Waals surface area contributed by atoms with Crippen molar-refractivity contribution in [3.63, 3.8) is 0 Å². The zero-order valence-electron chi connectivity index (χ0n) is 12.6. The van der Waals surface area contributed by atoms with Crippen LogP contribution < -0.4 is 5.32 Å². The number of carbonyl (C=O) groups excluding carboxylic acids is 1. The van der Waals surface area contributed by atoms with Crippen LogP contribution in [0.15, 0.2) is 54.6 Å². The van der Waals surface area contributed by atoms with Crippen LogP contribution >= 0.6 is 0 Å². The predicted octanol–water partition coefficient (Wildman–Crippen LogP) is 3.72. The Morgan fingerprint density at radius 2 is 1.82 bits per heavy atom. The van der Waals surface area contributed by atoms with Gasteiger partial charge in [-0.25, -0.2) is 4.39 Å². The van der Waals surface area contributed by atoms with Crippen molar-refractivity contribution in [1.29, 1.82) is 0 Å². The summed E-state index contributed by atoms with van der Waals surface area (Å²) in [6.07, 6.45) is 0.695. The van der Waals surface area contributed by atoms with Gasteiger partial charge in [0.05, 0.1) is 11.7 Å². The minimum absolute atomic E-state index is 0.0171. The summed E-state index contributed by atoms with van der Waals surface area (Å²) in [7, 11) is 0. The summed E-state index contributed by atoms with van der Waals surface area (Å²) in [5.74, 6) is -0.900. The molecule has 0 radical (unpaired) electrons. The number of amides is 1. The van der Waals surface area contributed by atoms with Crippen molar-refractivity contribution in [2.45, 2.75) is 19.4 Å². The topological polar surface area (TPSA) is 38.3 Å². The normalized spacial score (nSPS) is 11.9. The van der Waals surface area contributed by atoms with Gasteiger partial charge in [0.2, 0.25) is 0 Å². The van der Waals surface area contributed by atoms with E-state index in [4.69, 9.17) is 4.74 Å². The molecule has 0 aliphatic rings. The fourth-order valence-electron chi connectivity index (χ4n) is 2.10. The van der Waals surface area contributed by atoms with E-state index in [2.05, 4.69) is 5.32 Å². The first kappa shape index (κ1) is 16.2. The van der Waals surface area contributed by atoms with Gasteiger partial charge < -0.3 is 10.1 Å². The molecule has 2 aromatic carbocycles. The van der Waals surface area contributed by atoms with Crippen LogP contribution in [-0.2, 0) is 4.74 Å². The largest absolute Gasteiger partial charge is 0.374 e. The van der Waals surface area contributed by atoms with E-state index in [-0.39, 0.29) is 11.7 Å². The highest BCUT2D eigenvalue weighted by Gasteiger charge is 2.10. The molecule has 1 N–H and O–H groups in total. The van der Waals surface area contributed by atoms with Crippen molar-refractivity contribution in [2.24, 2.45) is 0 Å². The first-order valence-corrected chi connectivity index (χ1v) is 7.38. The van der Waals surface area contributed by atoms with Crippen LogP contribution in [0.3, 0.4) is 0 Å². The van der Waals surface area contributed by atoms with E-state index in [1.54, 1.807) is 12.1 Å². The van der Waals surface area contributed by atoms with E-state index < -0.39 is 11.7 Å². The van der Waals surface area contributed by atoms with Gasteiger partial charge in [0.1, 0.15) is 5.82 Å². The third kappa shape index (κ3) is 4.67. The average Bonchev–Trinajstić information content (AvgIpc) is 2.55. The standard InChI is InChI=1S/C18H20FNO2/c1-14(15-8-3-2-4-9-15)22-13-7-12-20-18(21)16-10-5-6-11-17(16)19/h2-6,8-11,14H,7,12-13H2,1H3,(H,20,21). The number of carbonyl (C=O) groups is 1. The Bertz CT molecular complexity index is 601. The molecule has 1 atom stereocenters. The molecule has 4 heteroatoms. The monoisotopic (exact) mass is 301 g/mol. The van der Waals surface area contributed by atoms with Crippen LogP contribution in [0.4, 0.5) is 4.39 Å². The summed E-state index contributed by atoms with van der Waals surface area (Å²) in [6.45, 7) is 2.98. The predicted molar refractivity (Wildman–Crippen MR) is 84.2 cm³/mol. The summed E-state index contributed by atoms with van der Waals surface area (Å²) in [5, 5.41) is 2.69. The van der Waals surface area contributed by atoms with Gasteiger partial charge in [-0.1, -0.05) is 42.5 Å². The number of nitrogens with one attached hydrogen (secondary N) is 1. The molecule has 1 amide bonds. The number of benzene rings is 2. The van der Waals surface area contributed by atoms with Crippen LogP contribution in [0.2, 0.25) is 0 Å². The highest BCUT2D eigenvalue weighted by molar-refractivity contribution is 5.94. The second kappa shape index (κ2) is 8.29. The summed E-state index contributed by atoms with van der Waals surface area (Å²) in [6, 6.07) is 15.9. The molecular weight excluding hydrogens is 281 g/mol. The summed E-state index contributed by atoms with van der Waals surface area (Å²) in [5.41, 5.74) is 1.19. The Kier molecular flexibility index (Phi) is 6.10. The zero-order valence-corrected chi connectivity index (χ0v) is 12.6. The number of hydrogen-bond acceptors (Lipinski definition) is 2. The number of rotatable bonds is 7. The Hall–Kier alpha value is -2.20. The highest BCUT2D eigenvalue weighted by Crippen LogP contribution is 2.15. The van der Waals surface area contributed by atoms with Crippen LogP contribution in [-0.4, -0.2) is 19.1 Å². The summed E-state index contributed by atoms with van der Waals surface area (Å²) < 4.78 is 19.1. The third-order valence-electron chi connectivity index (χ3n) is 3.36. The quantitative estimate of drug-likeness (QED) is 0.791. The van der Waals surface area contributed by atoms with Gasteiger partial charge >= 0.3 is 0 Å². The molecule has 2 aromatic rings. The van der Waals surface area contributed by atoms with Crippen LogP contribution in [0.1, 0.15) is 35.4 Å². The molecule has 0 aliphatic heterocycles. The molecule has 0 aliphatic carbocycles. The average molecular weight is 301 g/mol. The molecule has 2 rings (SSSR count). The van der Waals surface area contributed by atoms with Gasteiger partial charge in [-0.05, 0) is 31.0 Å². The van der Waals surface area contributed by atoms with Gasteiger partial charge in [-0.15, -0.1) is 0 Å². The smallest absolute Gasteiger partial charge is 0.254 e. The first-order valence-electron chi connectivity index (χ1n) is 7.38. The second-order valence-corrected chi connectivity index (χ2v) is 5.01. The lowest BCUT2D eigenvalue weighted by molar-refractivity contribution is 0.0634. The van der Waals surface area contributed by atoms with E-state index in [0.29, 0.717) is 19.6 Å². The van der Waals surface area contributed by atoms with E-state index in [1.165, 1.54) is 12.1 Å². The molecule has 0 saturated heterocycles. The maximum atomic E-state index is 13.4. The maximum Gasteiger partial charge on any atom is 0.254 e. The van der Waals surface area contributed by atoms with E-state index in [0.717, 1.165) is 5.56 Å². The fraction of sp³-hybridized carbons (Fsp3) is 0.278. The van der Waals surface area contributed by atoms with Gasteiger partial charge in [-0.2, -0.15) is 0 Å². The van der Waals surface area contributed by atoms with E-state index >= 15 is 0 Å². The molecule has 0 heterocycles. The first-order chi connectivity index (χ1) is 10.7. The summed E-state index contributed by atoms with van der Waals surface area (Å²) >= 11 is 0. The molecule has 0 spiro atoms. The van der Waals surface area contributed by atoms with E-state index in [1.807, 2.05) is 37.3 Å². The van der Waals surface area contributed by atoms with Gasteiger partial charge in [0.15, 0.2) is 0 Å². The minimum Gasteiger partial charge on any atom is -0.374 e. The van der Waals surface area contributed by atoms with Crippen molar-refractivity contribution in [3.05, 3.63) is 71.5 Å². The van der Waals surface area contributed by atoms with Gasteiger partial charge in [0, 0.05) is 13.2 Å². The van der Waals surface area contributed by atoms with Gasteiger partial charge in [-0.3, -0.25) is 4.79 Å². The summed E-state index contributed by atoms with van der Waals surface area (Å²) in [4.78, 5) is 11.8. The molecule has 22 heavy (non-hydrogen) atoms. The molecule has 1 unspecified atom stereocenters. The molecule has 3 nitrogen and oxygen atoms in total. The molecule has 116 valence electrons.